The molecule has 0 aromatic heterocycles. The number of ether oxygens (including phenoxy) is 2. The van der Waals surface area contributed by atoms with Crippen LogP contribution in [0.4, 0.5) is 0 Å². The van der Waals surface area contributed by atoms with E-state index in [1.54, 1.807) is 12.1 Å². The van der Waals surface area contributed by atoms with Gasteiger partial charge in [0.15, 0.2) is 6.61 Å². The van der Waals surface area contributed by atoms with E-state index in [0.717, 1.165) is 5.56 Å². The summed E-state index contributed by atoms with van der Waals surface area (Å²) in [5.74, 6) is 0.224. The Morgan fingerprint density at radius 3 is 2.93 bits per heavy atom. The summed E-state index contributed by atoms with van der Waals surface area (Å²) in [7, 11) is 1.32. The Balaban J connectivity index is 2.54. The molecule has 4 heteroatoms. The molecule has 4 nitrogen and oxygen atoms in total. The van der Waals surface area contributed by atoms with E-state index in [2.05, 4.69) is 4.74 Å². The highest BCUT2D eigenvalue weighted by Gasteiger charge is 2.01. The van der Waals surface area contributed by atoms with E-state index in [0.29, 0.717) is 12.3 Å². The normalized spacial score (nSPS) is 9.57. The summed E-state index contributed by atoms with van der Waals surface area (Å²) < 4.78 is 9.61. The van der Waals surface area contributed by atoms with Crippen molar-refractivity contribution in [2.75, 3.05) is 13.7 Å². The minimum atomic E-state index is -0.400. The first-order valence-electron chi connectivity index (χ1n) is 4.25. The molecule has 0 bridgehead atoms. The van der Waals surface area contributed by atoms with E-state index in [9.17, 15) is 4.79 Å². The zero-order valence-electron chi connectivity index (χ0n) is 8.03. The Morgan fingerprint density at radius 1 is 1.50 bits per heavy atom. The van der Waals surface area contributed by atoms with Gasteiger partial charge >= 0.3 is 5.97 Å². The largest absolute Gasteiger partial charge is 0.482 e. The minimum Gasteiger partial charge on any atom is -0.482 e. The molecule has 0 radical (unpaired) electrons. The Bertz CT molecular complexity index is 312. The fourth-order valence-electron chi connectivity index (χ4n) is 0.963. The third-order valence-electron chi connectivity index (χ3n) is 1.72. The first kappa shape index (κ1) is 10.5. The van der Waals surface area contributed by atoms with Crippen LogP contribution in [0.15, 0.2) is 24.3 Å². The van der Waals surface area contributed by atoms with E-state index in [-0.39, 0.29) is 6.61 Å². The van der Waals surface area contributed by atoms with Crippen LogP contribution in [-0.4, -0.2) is 19.7 Å². The number of nitrogens with two attached hydrogens (primary N) is 1. The first-order valence-corrected chi connectivity index (χ1v) is 4.25. The molecule has 0 heterocycles. The van der Waals surface area contributed by atoms with Gasteiger partial charge in [-0.25, -0.2) is 4.79 Å². The van der Waals surface area contributed by atoms with Crippen molar-refractivity contribution in [1.82, 2.24) is 0 Å². The highest BCUT2D eigenvalue weighted by molar-refractivity contribution is 5.70. The van der Waals surface area contributed by atoms with Gasteiger partial charge in [0.1, 0.15) is 5.75 Å². The summed E-state index contributed by atoms with van der Waals surface area (Å²) in [5, 5.41) is 0. The molecule has 1 aromatic carbocycles. The summed E-state index contributed by atoms with van der Waals surface area (Å²) in [4.78, 5) is 10.8. The standard InChI is InChI=1S/C10H13NO3/c1-13-10(12)7-14-9-4-2-3-8(5-9)6-11/h2-5H,6-7,11H2,1H3. The summed E-state index contributed by atoms with van der Waals surface area (Å²) in [6, 6.07) is 7.28. The van der Waals surface area contributed by atoms with Gasteiger partial charge in [-0.1, -0.05) is 12.1 Å². The lowest BCUT2D eigenvalue weighted by molar-refractivity contribution is -0.142. The Labute approximate surface area is 82.6 Å². The molecule has 0 aliphatic heterocycles. The molecule has 76 valence electrons. The van der Waals surface area contributed by atoms with Crippen LogP contribution < -0.4 is 10.5 Å². The molecule has 0 unspecified atom stereocenters. The zero-order chi connectivity index (χ0) is 10.4. The third kappa shape index (κ3) is 3.06. The molecule has 0 spiro atoms. The number of carbonyl (C=O) groups is 1. The lowest BCUT2D eigenvalue weighted by atomic mass is 10.2. The molecule has 0 saturated carbocycles. The number of esters is 1. The Morgan fingerprint density at radius 2 is 2.29 bits per heavy atom. The average Bonchev–Trinajstić information content (AvgIpc) is 2.26. The van der Waals surface area contributed by atoms with Crippen LogP contribution in [0.2, 0.25) is 0 Å². The molecular formula is C10H13NO3. The maximum absolute atomic E-state index is 10.8. The van der Waals surface area contributed by atoms with Gasteiger partial charge in [-0.15, -0.1) is 0 Å². The summed E-state index contributed by atoms with van der Waals surface area (Å²) >= 11 is 0. The molecular weight excluding hydrogens is 182 g/mol. The van der Waals surface area contributed by atoms with E-state index >= 15 is 0 Å². The van der Waals surface area contributed by atoms with E-state index in [1.807, 2.05) is 12.1 Å². The van der Waals surface area contributed by atoms with Crippen LogP contribution >= 0.6 is 0 Å². The van der Waals surface area contributed by atoms with Gasteiger partial charge in [0.25, 0.3) is 0 Å². The van der Waals surface area contributed by atoms with Crippen molar-refractivity contribution in [3.05, 3.63) is 29.8 Å². The van der Waals surface area contributed by atoms with E-state index in [4.69, 9.17) is 10.5 Å². The second-order valence-corrected chi connectivity index (χ2v) is 2.72. The van der Waals surface area contributed by atoms with Crippen molar-refractivity contribution in [3.63, 3.8) is 0 Å². The lowest BCUT2D eigenvalue weighted by Gasteiger charge is -2.05. The van der Waals surface area contributed by atoms with Crippen LogP contribution in [0.1, 0.15) is 5.56 Å². The number of hydrogen-bond donors (Lipinski definition) is 1. The molecule has 0 amide bonds. The van der Waals surface area contributed by atoms with Crippen LogP contribution in [-0.2, 0) is 16.1 Å². The summed E-state index contributed by atoms with van der Waals surface area (Å²) in [6.45, 7) is 0.375. The number of carbonyl (C=O) groups excluding carboxylic acids is 1. The van der Waals surface area contributed by atoms with Crippen LogP contribution in [0.25, 0.3) is 0 Å². The third-order valence-corrected chi connectivity index (χ3v) is 1.72. The zero-order valence-corrected chi connectivity index (χ0v) is 8.03. The van der Waals surface area contributed by atoms with Crippen molar-refractivity contribution in [2.24, 2.45) is 5.73 Å². The fourth-order valence-corrected chi connectivity index (χ4v) is 0.963. The monoisotopic (exact) mass is 195 g/mol. The van der Waals surface area contributed by atoms with Crippen LogP contribution in [0.3, 0.4) is 0 Å². The second kappa shape index (κ2) is 5.24. The van der Waals surface area contributed by atoms with Crippen molar-refractivity contribution >= 4 is 5.97 Å². The van der Waals surface area contributed by atoms with Gasteiger partial charge in [-0.2, -0.15) is 0 Å². The van der Waals surface area contributed by atoms with Crippen LogP contribution in [0.5, 0.6) is 5.75 Å². The van der Waals surface area contributed by atoms with Crippen molar-refractivity contribution in [3.8, 4) is 5.75 Å². The second-order valence-electron chi connectivity index (χ2n) is 2.72. The van der Waals surface area contributed by atoms with Crippen LogP contribution in [0, 0.1) is 0 Å². The molecule has 1 aromatic rings. The molecule has 2 N–H and O–H groups in total. The van der Waals surface area contributed by atoms with Gasteiger partial charge in [-0.05, 0) is 17.7 Å². The highest BCUT2D eigenvalue weighted by atomic mass is 16.6. The number of benzene rings is 1. The number of methoxy groups -OCH3 is 1. The molecule has 0 aliphatic rings. The van der Waals surface area contributed by atoms with Gasteiger partial charge < -0.3 is 15.2 Å². The highest BCUT2D eigenvalue weighted by Crippen LogP contribution is 2.12. The Hall–Kier alpha value is -1.55. The van der Waals surface area contributed by atoms with Gasteiger partial charge in [0.05, 0.1) is 7.11 Å². The topological polar surface area (TPSA) is 61.5 Å². The molecule has 1 rings (SSSR count). The van der Waals surface area contributed by atoms with Crippen molar-refractivity contribution < 1.29 is 14.3 Å². The molecule has 0 fully saturated rings. The predicted molar refractivity (Wildman–Crippen MR) is 51.8 cm³/mol. The predicted octanol–water partition coefficient (Wildman–Crippen LogP) is 0.697. The van der Waals surface area contributed by atoms with E-state index in [1.165, 1.54) is 7.11 Å². The molecule has 14 heavy (non-hydrogen) atoms. The fraction of sp³-hybridized carbons (Fsp3) is 0.300. The Kier molecular flexibility index (Phi) is 3.94. The van der Waals surface area contributed by atoms with Gasteiger partial charge in [-0.3, -0.25) is 0 Å². The summed E-state index contributed by atoms with van der Waals surface area (Å²) in [5.41, 5.74) is 6.42. The summed E-state index contributed by atoms with van der Waals surface area (Å²) in [6.07, 6.45) is 0. The molecule has 0 aliphatic carbocycles. The maximum atomic E-state index is 10.8. The van der Waals surface area contributed by atoms with Gasteiger partial charge in [0, 0.05) is 6.54 Å². The van der Waals surface area contributed by atoms with Crippen molar-refractivity contribution in [2.45, 2.75) is 6.54 Å². The first-order chi connectivity index (χ1) is 6.76. The lowest BCUT2D eigenvalue weighted by Crippen LogP contribution is -2.12. The SMILES string of the molecule is COC(=O)COc1cccc(CN)c1. The number of hydrogen-bond acceptors (Lipinski definition) is 4. The van der Waals surface area contributed by atoms with Crippen molar-refractivity contribution in [1.29, 1.82) is 0 Å². The molecule has 0 atom stereocenters. The van der Waals surface area contributed by atoms with E-state index < -0.39 is 5.97 Å². The molecule has 0 saturated heterocycles. The quantitative estimate of drug-likeness (QED) is 0.718. The average molecular weight is 195 g/mol. The number of rotatable bonds is 4. The smallest absolute Gasteiger partial charge is 0.343 e. The van der Waals surface area contributed by atoms with Gasteiger partial charge in [0.2, 0.25) is 0 Å². The minimum absolute atomic E-state index is 0.0788. The maximum Gasteiger partial charge on any atom is 0.343 e.